The minimum atomic E-state index is 0.0662. The third-order valence-electron chi connectivity index (χ3n) is 4.34. The number of amides is 1. The molecule has 134 valence electrons. The van der Waals surface area contributed by atoms with Gasteiger partial charge in [-0.1, -0.05) is 48.0 Å². The van der Waals surface area contributed by atoms with Crippen molar-refractivity contribution in [3.8, 4) is 11.3 Å². The quantitative estimate of drug-likeness (QED) is 0.685. The largest absolute Gasteiger partial charge is 0.356 e. The number of carbonyl (C=O) groups is 1. The van der Waals surface area contributed by atoms with E-state index in [2.05, 4.69) is 34.7 Å². The third kappa shape index (κ3) is 4.96. The number of rotatable bonds is 7. The highest BCUT2D eigenvalue weighted by molar-refractivity contribution is 6.30. The Balaban J connectivity index is 1.43. The highest BCUT2D eigenvalue weighted by Crippen LogP contribution is 2.18. The Morgan fingerprint density at radius 1 is 1.08 bits per heavy atom. The van der Waals surface area contributed by atoms with Crippen LogP contribution < -0.4 is 5.32 Å². The van der Waals surface area contributed by atoms with Gasteiger partial charge in [0.1, 0.15) is 0 Å². The number of halogens is 1. The number of carbonyl (C=O) groups excluding carboxylic acids is 1. The van der Waals surface area contributed by atoms with E-state index in [4.69, 9.17) is 11.6 Å². The molecule has 2 aromatic carbocycles. The smallest absolute Gasteiger partial charge is 0.220 e. The van der Waals surface area contributed by atoms with Gasteiger partial charge in [0, 0.05) is 31.2 Å². The first-order chi connectivity index (χ1) is 12.6. The predicted octanol–water partition coefficient (Wildman–Crippen LogP) is 4.03. The number of benzene rings is 2. The van der Waals surface area contributed by atoms with Crippen LogP contribution in [-0.4, -0.2) is 22.2 Å². The molecule has 0 atom stereocenters. The van der Waals surface area contributed by atoms with Gasteiger partial charge in [-0.25, -0.2) is 0 Å². The van der Waals surface area contributed by atoms with Crippen molar-refractivity contribution in [1.82, 2.24) is 15.1 Å². The van der Waals surface area contributed by atoms with Crippen LogP contribution in [0, 0.1) is 0 Å². The van der Waals surface area contributed by atoms with Gasteiger partial charge >= 0.3 is 0 Å². The molecule has 4 nitrogen and oxygen atoms in total. The van der Waals surface area contributed by atoms with E-state index in [0.29, 0.717) is 24.4 Å². The predicted molar refractivity (Wildman–Crippen MR) is 105 cm³/mol. The zero-order chi connectivity index (χ0) is 18.4. The number of aromatic nitrogens is 2. The van der Waals surface area contributed by atoms with Gasteiger partial charge in [-0.05, 0) is 47.7 Å². The molecule has 0 saturated carbocycles. The second-order valence-electron chi connectivity index (χ2n) is 6.27. The van der Waals surface area contributed by atoms with Gasteiger partial charge in [-0.15, -0.1) is 0 Å². The zero-order valence-corrected chi connectivity index (χ0v) is 15.5. The van der Waals surface area contributed by atoms with E-state index in [-0.39, 0.29) is 5.91 Å². The number of nitrogens with one attached hydrogen (secondary N) is 1. The molecule has 0 saturated heterocycles. The normalized spacial score (nSPS) is 10.7. The van der Waals surface area contributed by atoms with E-state index in [1.165, 1.54) is 5.56 Å². The Hall–Kier alpha value is -2.59. The van der Waals surface area contributed by atoms with Crippen molar-refractivity contribution in [1.29, 1.82) is 0 Å². The number of aryl methyl sites for hydroxylation is 2. The van der Waals surface area contributed by atoms with Crippen LogP contribution in [0.4, 0.5) is 0 Å². The first kappa shape index (κ1) is 18.2. The Labute approximate surface area is 158 Å². The van der Waals surface area contributed by atoms with Crippen molar-refractivity contribution in [2.45, 2.75) is 19.3 Å². The lowest BCUT2D eigenvalue weighted by Crippen LogP contribution is -2.25. The number of hydrogen-bond acceptors (Lipinski definition) is 2. The average Bonchev–Trinajstić information content (AvgIpc) is 3.07. The van der Waals surface area contributed by atoms with Gasteiger partial charge in [-0.3, -0.25) is 9.48 Å². The Morgan fingerprint density at radius 2 is 1.88 bits per heavy atom. The van der Waals surface area contributed by atoms with Crippen LogP contribution >= 0.6 is 11.6 Å². The van der Waals surface area contributed by atoms with E-state index in [9.17, 15) is 4.79 Å². The van der Waals surface area contributed by atoms with Crippen molar-refractivity contribution >= 4 is 17.5 Å². The van der Waals surface area contributed by atoms with Gasteiger partial charge < -0.3 is 5.32 Å². The molecule has 0 aliphatic heterocycles. The molecule has 5 heteroatoms. The molecule has 0 aliphatic rings. The van der Waals surface area contributed by atoms with Crippen molar-refractivity contribution in [3.63, 3.8) is 0 Å². The standard InChI is InChI=1S/C21H22ClN3O/c1-25-20(12-14-24-25)18-8-5-16(6-9-18)11-13-23-21(26)10-7-17-3-2-4-19(22)15-17/h2-6,8-9,12,14-15H,7,10-11,13H2,1H3,(H,23,26). The van der Waals surface area contributed by atoms with Crippen LogP contribution in [-0.2, 0) is 24.7 Å². The van der Waals surface area contributed by atoms with E-state index < -0.39 is 0 Å². The number of hydrogen-bond donors (Lipinski definition) is 1. The Morgan fingerprint density at radius 3 is 2.58 bits per heavy atom. The molecule has 1 N–H and O–H groups in total. The summed E-state index contributed by atoms with van der Waals surface area (Å²) in [6.45, 7) is 0.638. The summed E-state index contributed by atoms with van der Waals surface area (Å²) in [6.07, 6.45) is 3.78. The summed E-state index contributed by atoms with van der Waals surface area (Å²) in [7, 11) is 1.93. The minimum Gasteiger partial charge on any atom is -0.356 e. The molecule has 0 unspecified atom stereocenters. The van der Waals surface area contributed by atoms with Crippen molar-refractivity contribution < 1.29 is 4.79 Å². The lowest BCUT2D eigenvalue weighted by Gasteiger charge is -2.07. The molecule has 0 fully saturated rings. The summed E-state index contributed by atoms with van der Waals surface area (Å²) in [5.41, 5.74) is 4.51. The molecule has 0 bridgehead atoms. The monoisotopic (exact) mass is 367 g/mol. The summed E-state index contributed by atoms with van der Waals surface area (Å²) < 4.78 is 1.86. The average molecular weight is 368 g/mol. The topological polar surface area (TPSA) is 46.9 Å². The van der Waals surface area contributed by atoms with E-state index in [1.54, 1.807) is 6.20 Å². The van der Waals surface area contributed by atoms with Crippen LogP contribution in [0.25, 0.3) is 11.3 Å². The SMILES string of the molecule is Cn1nccc1-c1ccc(CCNC(=O)CCc2cccc(Cl)c2)cc1. The maximum absolute atomic E-state index is 12.0. The molecule has 1 amide bonds. The fraction of sp³-hybridized carbons (Fsp3) is 0.238. The maximum atomic E-state index is 12.0. The fourth-order valence-corrected chi connectivity index (χ4v) is 3.10. The van der Waals surface area contributed by atoms with Crippen LogP contribution in [0.15, 0.2) is 60.8 Å². The minimum absolute atomic E-state index is 0.0662. The molecule has 1 heterocycles. The van der Waals surface area contributed by atoms with Crippen LogP contribution in [0.3, 0.4) is 0 Å². The second-order valence-corrected chi connectivity index (χ2v) is 6.70. The van der Waals surface area contributed by atoms with Gasteiger partial charge in [-0.2, -0.15) is 5.10 Å². The van der Waals surface area contributed by atoms with Crippen molar-refractivity contribution in [2.75, 3.05) is 6.54 Å². The maximum Gasteiger partial charge on any atom is 0.220 e. The van der Waals surface area contributed by atoms with Gasteiger partial charge in [0.15, 0.2) is 0 Å². The van der Waals surface area contributed by atoms with Crippen molar-refractivity contribution in [2.24, 2.45) is 7.05 Å². The van der Waals surface area contributed by atoms with Gasteiger partial charge in [0.05, 0.1) is 5.69 Å². The first-order valence-electron chi connectivity index (χ1n) is 8.70. The van der Waals surface area contributed by atoms with Crippen LogP contribution in [0.1, 0.15) is 17.5 Å². The molecule has 0 spiro atoms. The summed E-state index contributed by atoms with van der Waals surface area (Å²) in [5, 5.41) is 7.88. The fourth-order valence-electron chi connectivity index (χ4n) is 2.88. The highest BCUT2D eigenvalue weighted by atomic mass is 35.5. The molecule has 3 rings (SSSR count). The first-order valence-corrected chi connectivity index (χ1v) is 9.08. The van der Waals surface area contributed by atoms with E-state index in [0.717, 1.165) is 23.2 Å². The molecular formula is C21H22ClN3O. The van der Waals surface area contributed by atoms with E-state index in [1.807, 2.05) is 42.1 Å². The molecule has 0 radical (unpaired) electrons. The summed E-state index contributed by atoms with van der Waals surface area (Å²) in [6, 6.07) is 18.0. The lowest BCUT2D eigenvalue weighted by molar-refractivity contribution is -0.121. The van der Waals surface area contributed by atoms with Crippen LogP contribution in [0.2, 0.25) is 5.02 Å². The van der Waals surface area contributed by atoms with Gasteiger partial charge in [0.25, 0.3) is 0 Å². The summed E-state index contributed by atoms with van der Waals surface area (Å²) in [4.78, 5) is 12.0. The van der Waals surface area contributed by atoms with Crippen LogP contribution in [0.5, 0.6) is 0 Å². The molecule has 26 heavy (non-hydrogen) atoms. The second kappa shape index (κ2) is 8.68. The lowest BCUT2D eigenvalue weighted by atomic mass is 10.1. The Kier molecular flexibility index (Phi) is 6.08. The van der Waals surface area contributed by atoms with Crippen molar-refractivity contribution in [3.05, 3.63) is 76.9 Å². The number of nitrogens with zero attached hydrogens (tertiary/aromatic N) is 2. The Bertz CT molecular complexity index is 871. The van der Waals surface area contributed by atoms with E-state index >= 15 is 0 Å². The zero-order valence-electron chi connectivity index (χ0n) is 14.8. The summed E-state index contributed by atoms with van der Waals surface area (Å²) in [5.74, 6) is 0.0662. The molecule has 1 aromatic heterocycles. The molecule has 0 aliphatic carbocycles. The van der Waals surface area contributed by atoms with Gasteiger partial charge in [0.2, 0.25) is 5.91 Å². The third-order valence-corrected chi connectivity index (χ3v) is 4.57. The summed E-state index contributed by atoms with van der Waals surface area (Å²) >= 11 is 5.96. The highest BCUT2D eigenvalue weighted by Gasteiger charge is 2.04. The molecular weight excluding hydrogens is 346 g/mol. The molecule has 3 aromatic rings.